The Morgan fingerprint density at radius 2 is 1.09 bits per heavy atom. The summed E-state index contributed by atoms with van der Waals surface area (Å²) in [5.74, 6) is 4.17. The largest absolute Gasteiger partial charge is 0.311 e. The molecule has 3 heterocycles. The molecule has 0 N–H and O–H groups in total. The van der Waals surface area contributed by atoms with E-state index in [1.54, 1.807) is 5.56 Å². The highest BCUT2D eigenvalue weighted by atomic mass is 32.1. The molecule has 4 saturated carbocycles. The molecule has 4 fully saturated rings. The fourth-order valence-corrected chi connectivity index (χ4v) is 13.5. The third-order valence-corrected chi connectivity index (χ3v) is 16.4. The van der Waals surface area contributed by atoms with E-state index in [1.807, 2.05) is 11.3 Å². The van der Waals surface area contributed by atoms with Crippen LogP contribution in [0.15, 0.2) is 103 Å². The fraction of sp³-hybridized carbons (Fsp3) is 0.407. The molecule has 6 aliphatic rings. The van der Waals surface area contributed by atoms with Crippen molar-refractivity contribution < 1.29 is 0 Å². The monoisotopic (exact) mass is 778 g/mol. The van der Waals surface area contributed by atoms with E-state index in [9.17, 15) is 0 Å². The summed E-state index contributed by atoms with van der Waals surface area (Å²) in [5, 5.41) is 1.36. The van der Waals surface area contributed by atoms with Crippen molar-refractivity contribution in [2.24, 2.45) is 23.7 Å². The van der Waals surface area contributed by atoms with Crippen molar-refractivity contribution in [3.05, 3.63) is 125 Å². The quantitative estimate of drug-likeness (QED) is 0.165. The van der Waals surface area contributed by atoms with Crippen molar-refractivity contribution in [1.29, 1.82) is 0 Å². The Bertz CT molecular complexity index is 2580. The second-order valence-corrected chi connectivity index (χ2v) is 23.0. The number of benzene rings is 5. The van der Waals surface area contributed by atoms with Crippen LogP contribution in [0.3, 0.4) is 0 Å². The van der Waals surface area contributed by atoms with Gasteiger partial charge in [-0.2, -0.15) is 0 Å². The SMILES string of the molecule is CC(C)(C)c1ccc(N2c3cc(C(C)(C)C)ccc3B3c4sc5ccccc5c4N(c4ccc(C(C)(C)C)cc4)c4cc(C5CC6CC7CC5CC7C6)cc2c43)cc1. The molecule has 6 aromatic rings. The summed E-state index contributed by atoms with van der Waals surface area (Å²) >= 11 is 2.01. The van der Waals surface area contributed by atoms with E-state index in [4.69, 9.17) is 0 Å². The van der Waals surface area contributed by atoms with E-state index in [0.717, 1.165) is 23.7 Å². The molecule has 294 valence electrons. The van der Waals surface area contributed by atoms with Gasteiger partial charge in [0.2, 0.25) is 0 Å². The van der Waals surface area contributed by atoms with Crippen LogP contribution in [0.2, 0.25) is 0 Å². The summed E-state index contributed by atoms with van der Waals surface area (Å²) in [5.41, 5.74) is 16.8. The van der Waals surface area contributed by atoms with E-state index in [1.165, 1.54) is 109 Å². The van der Waals surface area contributed by atoms with Crippen LogP contribution in [0.25, 0.3) is 10.1 Å². The molecule has 2 aliphatic heterocycles. The molecule has 4 bridgehead atoms. The summed E-state index contributed by atoms with van der Waals surface area (Å²) in [6, 6.07) is 41.3. The molecule has 58 heavy (non-hydrogen) atoms. The van der Waals surface area contributed by atoms with Gasteiger partial charge in [0.25, 0.3) is 6.71 Å². The minimum atomic E-state index is 0.0234. The lowest BCUT2D eigenvalue weighted by molar-refractivity contribution is 0.406. The first-order valence-electron chi connectivity index (χ1n) is 22.3. The minimum Gasteiger partial charge on any atom is -0.311 e. The molecule has 1 aromatic heterocycles. The van der Waals surface area contributed by atoms with Crippen molar-refractivity contribution in [3.8, 4) is 0 Å². The van der Waals surface area contributed by atoms with Crippen molar-refractivity contribution in [2.75, 3.05) is 9.80 Å². The summed E-state index contributed by atoms with van der Waals surface area (Å²) in [6.07, 6.45) is 7.12. The molecule has 2 nitrogen and oxygen atoms in total. The molecule has 0 spiro atoms. The predicted molar refractivity (Wildman–Crippen MR) is 252 cm³/mol. The van der Waals surface area contributed by atoms with Crippen LogP contribution in [-0.4, -0.2) is 6.71 Å². The van der Waals surface area contributed by atoms with Crippen LogP contribution < -0.4 is 25.5 Å². The second-order valence-electron chi connectivity index (χ2n) is 21.9. The van der Waals surface area contributed by atoms with Gasteiger partial charge in [-0.1, -0.05) is 117 Å². The lowest BCUT2D eigenvalue weighted by Crippen LogP contribution is -2.60. The normalized spacial score (nSPS) is 23.3. The highest BCUT2D eigenvalue weighted by Gasteiger charge is 2.50. The van der Waals surface area contributed by atoms with Crippen molar-refractivity contribution >= 4 is 78.0 Å². The molecule has 12 rings (SSSR count). The Morgan fingerprint density at radius 3 is 1.69 bits per heavy atom. The van der Waals surface area contributed by atoms with Crippen LogP contribution in [-0.2, 0) is 16.2 Å². The maximum Gasteiger partial charge on any atom is 0.264 e. The predicted octanol–water partition coefficient (Wildman–Crippen LogP) is 13.4. The average molecular weight is 779 g/mol. The molecule has 3 unspecified atom stereocenters. The van der Waals surface area contributed by atoms with Crippen LogP contribution in [0.5, 0.6) is 0 Å². The van der Waals surface area contributed by atoms with Gasteiger partial charge in [-0.3, -0.25) is 0 Å². The summed E-state index contributed by atoms with van der Waals surface area (Å²) in [7, 11) is 0. The molecule has 0 saturated heterocycles. The molecular formula is C54H59BN2S. The van der Waals surface area contributed by atoms with Gasteiger partial charge < -0.3 is 9.80 Å². The molecular weight excluding hydrogens is 719 g/mol. The van der Waals surface area contributed by atoms with E-state index in [0.29, 0.717) is 5.92 Å². The van der Waals surface area contributed by atoms with Crippen LogP contribution in [0.1, 0.15) is 123 Å². The smallest absolute Gasteiger partial charge is 0.264 e. The van der Waals surface area contributed by atoms with E-state index < -0.39 is 0 Å². The maximum atomic E-state index is 2.70. The lowest BCUT2D eigenvalue weighted by Gasteiger charge is -2.44. The maximum absolute atomic E-state index is 2.70. The second kappa shape index (κ2) is 12.6. The number of thiophene rings is 1. The Kier molecular flexibility index (Phi) is 8.00. The van der Waals surface area contributed by atoms with E-state index in [-0.39, 0.29) is 23.0 Å². The zero-order valence-corrected chi connectivity index (χ0v) is 36.9. The van der Waals surface area contributed by atoms with Crippen LogP contribution >= 0.6 is 11.3 Å². The number of rotatable bonds is 3. The first-order chi connectivity index (χ1) is 27.6. The van der Waals surface area contributed by atoms with Crippen LogP contribution in [0.4, 0.5) is 34.1 Å². The van der Waals surface area contributed by atoms with Crippen molar-refractivity contribution in [1.82, 2.24) is 0 Å². The zero-order valence-electron chi connectivity index (χ0n) is 36.1. The number of fused-ring (bicyclic) bond motifs is 7. The molecule has 0 radical (unpaired) electrons. The van der Waals surface area contributed by atoms with Gasteiger partial charge in [-0.25, -0.2) is 0 Å². The van der Waals surface area contributed by atoms with E-state index in [2.05, 4.69) is 175 Å². The van der Waals surface area contributed by atoms with Gasteiger partial charge in [-0.05, 0) is 160 Å². The summed E-state index contributed by atoms with van der Waals surface area (Å²) in [6.45, 7) is 21.2. The minimum absolute atomic E-state index is 0.0234. The van der Waals surface area contributed by atoms with Crippen molar-refractivity contribution in [2.45, 2.75) is 117 Å². The molecule has 3 atom stereocenters. The topological polar surface area (TPSA) is 6.48 Å². The Morgan fingerprint density at radius 1 is 0.534 bits per heavy atom. The number of hydrogen-bond acceptors (Lipinski definition) is 3. The molecule has 0 amide bonds. The van der Waals surface area contributed by atoms with E-state index >= 15 is 0 Å². The first-order valence-corrected chi connectivity index (χ1v) is 23.1. The highest BCUT2D eigenvalue weighted by molar-refractivity contribution is 7.33. The summed E-state index contributed by atoms with van der Waals surface area (Å²) < 4.78 is 2.83. The lowest BCUT2D eigenvalue weighted by atomic mass is 9.36. The summed E-state index contributed by atoms with van der Waals surface area (Å²) in [4.78, 5) is 5.38. The third kappa shape index (κ3) is 5.63. The third-order valence-electron chi connectivity index (χ3n) is 15.2. The van der Waals surface area contributed by atoms with Gasteiger partial charge in [0.15, 0.2) is 0 Å². The van der Waals surface area contributed by atoms with Gasteiger partial charge in [-0.15, -0.1) is 11.3 Å². The Hall–Kier alpha value is -4.28. The molecule has 4 aliphatic carbocycles. The van der Waals surface area contributed by atoms with Crippen molar-refractivity contribution in [3.63, 3.8) is 0 Å². The van der Waals surface area contributed by atoms with Gasteiger partial charge >= 0.3 is 0 Å². The molecule has 5 aromatic carbocycles. The highest BCUT2D eigenvalue weighted by Crippen LogP contribution is 2.60. The van der Waals surface area contributed by atoms with Gasteiger partial charge in [0.05, 0.1) is 5.69 Å². The Labute approximate surface area is 351 Å². The van der Waals surface area contributed by atoms with Gasteiger partial charge in [0.1, 0.15) is 0 Å². The number of nitrogens with zero attached hydrogens (tertiary/aromatic N) is 2. The first kappa shape index (κ1) is 36.8. The van der Waals surface area contributed by atoms with Crippen LogP contribution in [0, 0.1) is 23.7 Å². The fourth-order valence-electron chi connectivity index (χ4n) is 12.2. The average Bonchev–Trinajstić information content (AvgIpc) is 3.79. The zero-order chi connectivity index (χ0) is 40.0. The Balaban J connectivity index is 1.23. The molecule has 4 heteroatoms. The number of anilines is 6. The standard InChI is InChI=1S/C54H59BN2S/c1-52(2,3)37-14-19-40(20-15-37)56-45-31-39(54(7,8)9)18-23-44(45)55-49-46(56)29-36(43-26-32-24-33-27-35(43)28-34(33)25-32)30-47(49)57(41-21-16-38(17-22-41)53(4,5)6)50-42-12-10-11-13-48(42)58-51(50)55/h10-23,29-35,43H,24-28H2,1-9H3. The van der Waals surface area contributed by atoms with Gasteiger partial charge in [0, 0.05) is 43.3 Å². The number of hydrogen-bond donors (Lipinski definition) is 0.